The SMILES string of the molecule is C=CC(/C=C\C)=C/C(=C)NC(=C)NC(C)C. The minimum absolute atomic E-state index is 0.353. The van der Waals surface area contributed by atoms with Crippen LogP contribution in [0, 0.1) is 0 Å². The Hall–Kier alpha value is -1.70. The van der Waals surface area contributed by atoms with E-state index in [0.29, 0.717) is 6.04 Å². The number of allylic oxidation sites excluding steroid dienone is 5. The van der Waals surface area contributed by atoms with Crippen molar-refractivity contribution in [1.82, 2.24) is 10.6 Å². The summed E-state index contributed by atoms with van der Waals surface area (Å²) in [6, 6.07) is 0.353. The van der Waals surface area contributed by atoms with Crippen LogP contribution in [0.2, 0.25) is 0 Å². The first-order valence-electron chi connectivity index (χ1n) is 5.37. The summed E-state index contributed by atoms with van der Waals surface area (Å²) in [4.78, 5) is 0. The lowest BCUT2D eigenvalue weighted by Crippen LogP contribution is -2.29. The first-order chi connectivity index (χ1) is 7.49. The second-order valence-electron chi connectivity index (χ2n) is 3.78. The van der Waals surface area contributed by atoms with Gasteiger partial charge in [0, 0.05) is 11.7 Å². The molecule has 0 saturated carbocycles. The Morgan fingerprint density at radius 1 is 1.25 bits per heavy atom. The normalized spacial score (nSPS) is 11.6. The van der Waals surface area contributed by atoms with Crippen molar-refractivity contribution in [2.45, 2.75) is 26.8 Å². The van der Waals surface area contributed by atoms with Gasteiger partial charge in [0.1, 0.15) is 0 Å². The Morgan fingerprint density at radius 3 is 2.31 bits per heavy atom. The van der Waals surface area contributed by atoms with Crippen molar-refractivity contribution in [1.29, 1.82) is 0 Å². The van der Waals surface area contributed by atoms with Crippen LogP contribution in [0.5, 0.6) is 0 Å². The van der Waals surface area contributed by atoms with Crippen LogP contribution >= 0.6 is 0 Å². The van der Waals surface area contributed by atoms with Crippen molar-refractivity contribution >= 4 is 0 Å². The molecule has 88 valence electrons. The van der Waals surface area contributed by atoms with E-state index in [1.54, 1.807) is 6.08 Å². The predicted molar refractivity (Wildman–Crippen MR) is 72.8 cm³/mol. The molecule has 0 aliphatic heterocycles. The van der Waals surface area contributed by atoms with Gasteiger partial charge in [-0.1, -0.05) is 38.0 Å². The molecule has 2 nitrogen and oxygen atoms in total. The molecule has 0 aromatic heterocycles. The first-order valence-corrected chi connectivity index (χ1v) is 5.37. The van der Waals surface area contributed by atoms with E-state index in [1.807, 2.05) is 25.2 Å². The van der Waals surface area contributed by atoms with E-state index >= 15 is 0 Å². The van der Waals surface area contributed by atoms with Gasteiger partial charge < -0.3 is 10.6 Å². The van der Waals surface area contributed by atoms with Gasteiger partial charge in [-0.3, -0.25) is 0 Å². The zero-order valence-electron chi connectivity index (χ0n) is 10.5. The van der Waals surface area contributed by atoms with Crippen LogP contribution in [0.3, 0.4) is 0 Å². The molecule has 0 saturated heterocycles. The van der Waals surface area contributed by atoms with Gasteiger partial charge in [-0.05, 0) is 32.4 Å². The highest BCUT2D eigenvalue weighted by molar-refractivity contribution is 5.35. The number of hydrogen-bond donors (Lipinski definition) is 2. The minimum Gasteiger partial charge on any atom is -0.370 e. The molecule has 0 fully saturated rings. The Labute approximate surface area is 99.1 Å². The highest BCUT2D eigenvalue weighted by atomic mass is 15.1. The van der Waals surface area contributed by atoms with Crippen LogP contribution in [0.1, 0.15) is 20.8 Å². The lowest BCUT2D eigenvalue weighted by atomic mass is 10.2. The van der Waals surface area contributed by atoms with Gasteiger partial charge in [-0.25, -0.2) is 0 Å². The largest absolute Gasteiger partial charge is 0.370 e. The smallest absolute Gasteiger partial charge is 0.0958 e. The van der Waals surface area contributed by atoms with E-state index in [9.17, 15) is 0 Å². The standard InChI is InChI=1S/C14H22N2/c1-7-9-14(8-2)10-12(5)16-13(6)15-11(3)4/h7-11,15-16H,2,5-6H2,1,3-4H3/b9-7-,14-10-. The van der Waals surface area contributed by atoms with Crippen LogP contribution < -0.4 is 10.6 Å². The quantitative estimate of drug-likeness (QED) is 0.641. The Bertz CT molecular complexity index is 320. The van der Waals surface area contributed by atoms with Crippen LogP contribution in [0.4, 0.5) is 0 Å². The molecular formula is C14H22N2. The summed E-state index contributed by atoms with van der Waals surface area (Å²) in [5, 5.41) is 6.23. The number of rotatable bonds is 7. The average molecular weight is 218 g/mol. The minimum atomic E-state index is 0.353. The Morgan fingerprint density at radius 2 is 1.88 bits per heavy atom. The predicted octanol–water partition coefficient (Wildman–Crippen LogP) is 3.25. The summed E-state index contributed by atoms with van der Waals surface area (Å²) in [6.07, 6.45) is 7.63. The third-order valence-electron chi connectivity index (χ3n) is 1.71. The summed E-state index contributed by atoms with van der Waals surface area (Å²) in [5.74, 6) is 0.750. The maximum Gasteiger partial charge on any atom is 0.0958 e. The van der Waals surface area contributed by atoms with Gasteiger partial charge in [0.15, 0.2) is 0 Å². The monoisotopic (exact) mass is 218 g/mol. The summed E-state index contributed by atoms with van der Waals surface area (Å²) in [5.41, 5.74) is 1.79. The topological polar surface area (TPSA) is 24.1 Å². The van der Waals surface area contributed by atoms with E-state index in [1.165, 1.54) is 0 Å². The van der Waals surface area contributed by atoms with E-state index in [-0.39, 0.29) is 0 Å². The molecule has 0 rings (SSSR count). The average Bonchev–Trinajstić information content (AvgIpc) is 2.15. The van der Waals surface area contributed by atoms with Crippen LogP contribution in [-0.2, 0) is 0 Å². The maximum absolute atomic E-state index is 3.90. The van der Waals surface area contributed by atoms with Crippen molar-refractivity contribution in [3.8, 4) is 0 Å². The van der Waals surface area contributed by atoms with E-state index in [2.05, 4.69) is 44.2 Å². The molecule has 16 heavy (non-hydrogen) atoms. The molecule has 0 aromatic carbocycles. The van der Waals surface area contributed by atoms with Crippen LogP contribution in [-0.4, -0.2) is 6.04 Å². The maximum atomic E-state index is 3.90. The second kappa shape index (κ2) is 7.57. The zero-order chi connectivity index (χ0) is 12.6. The highest BCUT2D eigenvalue weighted by Gasteiger charge is 1.96. The summed E-state index contributed by atoms with van der Waals surface area (Å²) in [6.45, 7) is 17.6. The fraction of sp³-hybridized carbons (Fsp3) is 0.286. The highest BCUT2D eigenvalue weighted by Crippen LogP contribution is 2.02. The van der Waals surface area contributed by atoms with Gasteiger partial charge in [0.2, 0.25) is 0 Å². The fourth-order valence-electron chi connectivity index (χ4n) is 1.18. The number of nitrogens with one attached hydrogen (secondary N) is 2. The summed E-state index contributed by atoms with van der Waals surface area (Å²) in [7, 11) is 0. The van der Waals surface area contributed by atoms with Gasteiger partial charge >= 0.3 is 0 Å². The van der Waals surface area contributed by atoms with Crippen LogP contribution in [0.25, 0.3) is 0 Å². The molecule has 0 amide bonds. The molecule has 0 spiro atoms. The summed E-state index contributed by atoms with van der Waals surface area (Å²) < 4.78 is 0. The molecule has 0 aliphatic carbocycles. The lowest BCUT2D eigenvalue weighted by molar-refractivity contribution is 0.639. The molecule has 0 unspecified atom stereocenters. The molecule has 0 radical (unpaired) electrons. The molecule has 0 aromatic rings. The third-order valence-corrected chi connectivity index (χ3v) is 1.71. The van der Waals surface area contributed by atoms with E-state index in [4.69, 9.17) is 0 Å². The number of hydrogen-bond acceptors (Lipinski definition) is 2. The van der Waals surface area contributed by atoms with Crippen molar-refractivity contribution < 1.29 is 0 Å². The second-order valence-corrected chi connectivity index (χ2v) is 3.78. The Kier molecular flexibility index (Phi) is 6.77. The molecule has 0 bridgehead atoms. The third kappa shape index (κ3) is 6.71. The Balaban J connectivity index is 4.36. The first kappa shape index (κ1) is 14.3. The van der Waals surface area contributed by atoms with Gasteiger partial charge in [0.25, 0.3) is 0 Å². The molecule has 0 aliphatic rings. The molecule has 2 N–H and O–H groups in total. The zero-order valence-corrected chi connectivity index (χ0v) is 10.5. The van der Waals surface area contributed by atoms with Crippen molar-refractivity contribution in [3.05, 3.63) is 61.1 Å². The van der Waals surface area contributed by atoms with Gasteiger partial charge in [-0.15, -0.1) is 0 Å². The van der Waals surface area contributed by atoms with Crippen molar-refractivity contribution in [3.63, 3.8) is 0 Å². The van der Waals surface area contributed by atoms with E-state index < -0.39 is 0 Å². The fourth-order valence-corrected chi connectivity index (χ4v) is 1.18. The molecule has 0 atom stereocenters. The molecule has 2 heteroatoms. The molecule has 0 heterocycles. The van der Waals surface area contributed by atoms with E-state index in [0.717, 1.165) is 17.1 Å². The van der Waals surface area contributed by atoms with Crippen molar-refractivity contribution in [2.24, 2.45) is 0 Å². The summed E-state index contributed by atoms with van der Waals surface area (Å²) >= 11 is 0. The lowest BCUT2D eigenvalue weighted by Gasteiger charge is -2.15. The van der Waals surface area contributed by atoms with Gasteiger partial charge in [-0.2, -0.15) is 0 Å². The molecular weight excluding hydrogens is 196 g/mol. The van der Waals surface area contributed by atoms with Crippen LogP contribution in [0.15, 0.2) is 61.1 Å². The van der Waals surface area contributed by atoms with Crippen molar-refractivity contribution in [2.75, 3.05) is 0 Å². The van der Waals surface area contributed by atoms with Gasteiger partial charge in [0.05, 0.1) is 5.82 Å².